The summed E-state index contributed by atoms with van der Waals surface area (Å²) >= 11 is 3.19. The number of carbonyl (C=O) groups is 1. The molecule has 3 aromatic rings. The molecule has 1 amide bonds. The van der Waals surface area contributed by atoms with Gasteiger partial charge in [0.1, 0.15) is 5.82 Å². The number of rotatable bonds is 7. The van der Waals surface area contributed by atoms with Crippen LogP contribution in [0, 0.1) is 11.7 Å². The topological polar surface area (TPSA) is 59.8 Å². The lowest BCUT2D eigenvalue weighted by Crippen LogP contribution is -2.24. The van der Waals surface area contributed by atoms with Crippen LogP contribution in [0.25, 0.3) is 10.7 Å². The Hall–Kier alpha value is -2.19. The van der Waals surface area contributed by atoms with Crippen molar-refractivity contribution < 1.29 is 9.18 Å². The highest BCUT2D eigenvalue weighted by atomic mass is 32.2. The van der Waals surface area contributed by atoms with E-state index in [2.05, 4.69) is 28.5 Å². The average Bonchev–Trinajstić information content (AvgIpc) is 3.34. The smallest absolute Gasteiger partial charge is 0.230 e. The van der Waals surface area contributed by atoms with Gasteiger partial charge in [-0.15, -0.1) is 21.5 Å². The van der Waals surface area contributed by atoms with Gasteiger partial charge in [0, 0.05) is 18.5 Å². The van der Waals surface area contributed by atoms with Crippen LogP contribution in [0.4, 0.5) is 4.39 Å². The number of aryl methyl sites for hydroxylation is 1. The fourth-order valence-electron chi connectivity index (χ4n) is 3.70. The van der Waals surface area contributed by atoms with Gasteiger partial charge in [0.2, 0.25) is 5.91 Å². The predicted molar refractivity (Wildman–Crippen MR) is 119 cm³/mol. The first-order chi connectivity index (χ1) is 14.5. The number of nitrogens with one attached hydrogen (secondary N) is 1. The molecule has 0 saturated carbocycles. The van der Waals surface area contributed by atoms with E-state index < -0.39 is 0 Å². The summed E-state index contributed by atoms with van der Waals surface area (Å²) in [7, 11) is 1.95. The van der Waals surface area contributed by atoms with Crippen LogP contribution in [0.2, 0.25) is 0 Å². The highest BCUT2D eigenvalue weighted by Crippen LogP contribution is 2.37. The fraction of sp³-hybridized carbons (Fsp3) is 0.409. The number of fused-ring (bicyclic) bond motifs is 1. The van der Waals surface area contributed by atoms with E-state index in [1.54, 1.807) is 12.1 Å². The van der Waals surface area contributed by atoms with Gasteiger partial charge in [-0.25, -0.2) is 4.39 Å². The second-order valence-corrected chi connectivity index (χ2v) is 9.71. The minimum absolute atomic E-state index is 0.0916. The first-order valence-corrected chi connectivity index (χ1v) is 12.0. The second kappa shape index (κ2) is 9.31. The summed E-state index contributed by atoms with van der Waals surface area (Å²) in [4.78, 5) is 14.8. The largest absolute Gasteiger partial charge is 0.351 e. The summed E-state index contributed by atoms with van der Waals surface area (Å²) in [6, 6.07) is 8.39. The SMILES string of the molecule is CCC1CCc2sc(-c3nnc(SCC(=O)NCc4ccc(F)cc4)n3C)cc2C1. The van der Waals surface area contributed by atoms with Crippen LogP contribution < -0.4 is 5.32 Å². The molecule has 0 spiro atoms. The summed E-state index contributed by atoms with van der Waals surface area (Å²) in [5, 5.41) is 12.2. The van der Waals surface area contributed by atoms with Crippen LogP contribution in [-0.2, 0) is 31.2 Å². The Balaban J connectivity index is 1.35. The van der Waals surface area contributed by atoms with Gasteiger partial charge < -0.3 is 9.88 Å². The number of thiophene rings is 1. The molecule has 1 N–H and O–H groups in total. The normalized spacial score (nSPS) is 15.8. The molecule has 8 heteroatoms. The van der Waals surface area contributed by atoms with E-state index in [0.29, 0.717) is 6.54 Å². The van der Waals surface area contributed by atoms with Crippen molar-refractivity contribution >= 4 is 29.0 Å². The molecule has 0 saturated heterocycles. The van der Waals surface area contributed by atoms with Crippen LogP contribution >= 0.6 is 23.1 Å². The molecule has 158 valence electrons. The highest BCUT2D eigenvalue weighted by molar-refractivity contribution is 7.99. The number of amides is 1. The van der Waals surface area contributed by atoms with Crippen LogP contribution in [0.5, 0.6) is 0 Å². The van der Waals surface area contributed by atoms with Gasteiger partial charge in [0.05, 0.1) is 10.6 Å². The van der Waals surface area contributed by atoms with Gasteiger partial charge in [-0.2, -0.15) is 0 Å². The van der Waals surface area contributed by atoms with Gasteiger partial charge in [-0.05, 0) is 54.5 Å². The molecular formula is C22H25FN4OS2. The van der Waals surface area contributed by atoms with Crippen molar-refractivity contribution in [1.29, 1.82) is 0 Å². The standard InChI is InChI=1S/C22H25FN4OS2/c1-3-14-6-9-18-16(10-14)11-19(30-18)21-25-26-22(27(21)2)29-13-20(28)24-12-15-4-7-17(23)8-5-15/h4-5,7-8,11,14H,3,6,9-10,12-13H2,1-2H3,(H,24,28). The van der Waals surface area contributed by atoms with Gasteiger partial charge in [-0.3, -0.25) is 4.79 Å². The first-order valence-electron chi connectivity index (χ1n) is 10.2. The molecule has 0 fully saturated rings. The van der Waals surface area contributed by atoms with E-state index in [0.717, 1.165) is 40.2 Å². The second-order valence-electron chi connectivity index (χ2n) is 7.63. The molecule has 1 atom stereocenters. The number of benzene rings is 1. The molecule has 30 heavy (non-hydrogen) atoms. The molecule has 1 aromatic carbocycles. The van der Waals surface area contributed by atoms with E-state index in [-0.39, 0.29) is 17.5 Å². The summed E-state index contributed by atoms with van der Waals surface area (Å²) in [5.41, 5.74) is 2.33. The van der Waals surface area contributed by atoms with Crippen LogP contribution in [0.1, 0.15) is 35.8 Å². The van der Waals surface area contributed by atoms with E-state index >= 15 is 0 Å². The Kier molecular flexibility index (Phi) is 6.53. The number of nitrogens with zero attached hydrogens (tertiary/aromatic N) is 3. The van der Waals surface area contributed by atoms with E-state index in [9.17, 15) is 9.18 Å². The van der Waals surface area contributed by atoms with Gasteiger partial charge in [-0.1, -0.05) is 37.2 Å². The van der Waals surface area contributed by atoms with Gasteiger partial charge >= 0.3 is 0 Å². The zero-order chi connectivity index (χ0) is 21.1. The molecule has 2 aromatic heterocycles. The molecule has 1 aliphatic rings. The van der Waals surface area contributed by atoms with Crippen molar-refractivity contribution in [2.45, 2.75) is 44.3 Å². The number of hydrogen-bond acceptors (Lipinski definition) is 5. The van der Waals surface area contributed by atoms with Crippen LogP contribution in [0.3, 0.4) is 0 Å². The number of carbonyl (C=O) groups excluding carboxylic acids is 1. The Bertz CT molecular complexity index is 1030. The summed E-state index contributed by atoms with van der Waals surface area (Å²) in [6.07, 6.45) is 4.83. The lowest BCUT2D eigenvalue weighted by Gasteiger charge is -2.19. The van der Waals surface area contributed by atoms with Crippen molar-refractivity contribution in [1.82, 2.24) is 20.1 Å². The summed E-state index contributed by atoms with van der Waals surface area (Å²) in [6.45, 7) is 2.65. The molecule has 0 aliphatic heterocycles. The molecule has 0 radical (unpaired) electrons. The van der Waals surface area contributed by atoms with Crippen molar-refractivity contribution in [2.75, 3.05) is 5.75 Å². The Morgan fingerprint density at radius 1 is 1.33 bits per heavy atom. The van der Waals surface area contributed by atoms with E-state index in [1.807, 2.05) is 23.0 Å². The lowest BCUT2D eigenvalue weighted by molar-refractivity contribution is -0.118. The Morgan fingerprint density at radius 3 is 2.90 bits per heavy atom. The highest BCUT2D eigenvalue weighted by Gasteiger charge is 2.22. The summed E-state index contributed by atoms with van der Waals surface area (Å²) in [5.74, 6) is 1.53. The lowest BCUT2D eigenvalue weighted by atomic mass is 9.87. The quantitative estimate of drug-likeness (QED) is 0.541. The maximum Gasteiger partial charge on any atom is 0.230 e. The Labute approximate surface area is 184 Å². The molecule has 4 rings (SSSR count). The fourth-order valence-corrected chi connectivity index (χ4v) is 5.67. The van der Waals surface area contributed by atoms with Crippen LogP contribution in [-0.4, -0.2) is 26.4 Å². The zero-order valence-corrected chi connectivity index (χ0v) is 18.8. The predicted octanol–water partition coefficient (Wildman–Crippen LogP) is 4.61. The van der Waals surface area contributed by atoms with Crippen molar-refractivity contribution in [3.8, 4) is 10.7 Å². The number of aromatic nitrogens is 3. The van der Waals surface area contributed by atoms with E-state index in [4.69, 9.17) is 0 Å². The van der Waals surface area contributed by atoms with Gasteiger partial charge in [0.25, 0.3) is 0 Å². The average molecular weight is 445 g/mol. The third kappa shape index (κ3) is 4.75. The van der Waals surface area contributed by atoms with Crippen molar-refractivity contribution in [3.05, 3.63) is 52.2 Å². The molecule has 5 nitrogen and oxygen atoms in total. The molecule has 1 unspecified atom stereocenters. The maximum atomic E-state index is 13.0. The Morgan fingerprint density at radius 2 is 2.13 bits per heavy atom. The first kappa shape index (κ1) is 21.1. The third-order valence-corrected chi connectivity index (χ3v) is 7.81. The van der Waals surface area contributed by atoms with E-state index in [1.165, 1.54) is 47.2 Å². The molecule has 2 heterocycles. The van der Waals surface area contributed by atoms with Gasteiger partial charge in [0.15, 0.2) is 11.0 Å². The van der Waals surface area contributed by atoms with Crippen molar-refractivity contribution in [3.63, 3.8) is 0 Å². The maximum absolute atomic E-state index is 13.0. The molecular weight excluding hydrogens is 419 g/mol. The number of halogens is 1. The minimum atomic E-state index is -0.282. The van der Waals surface area contributed by atoms with Crippen LogP contribution in [0.15, 0.2) is 35.5 Å². The molecule has 1 aliphatic carbocycles. The molecule has 0 bridgehead atoms. The number of hydrogen-bond donors (Lipinski definition) is 1. The van der Waals surface area contributed by atoms with Crippen molar-refractivity contribution in [2.24, 2.45) is 13.0 Å². The number of thioether (sulfide) groups is 1. The summed E-state index contributed by atoms with van der Waals surface area (Å²) < 4.78 is 14.9. The minimum Gasteiger partial charge on any atom is -0.351 e. The third-order valence-electron chi connectivity index (χ3n) is 5.55. The zero-order valence-electron chi connectivity index (χ0n) is 17.2. The monoisotopic (exact) mass is 444 g/mol.